The molecular formula is C24H30ClN5O. The Labute approximate surface area is 189 Å². The number of nitrogens with one attached hydrogen (secondary N) is 1. The lowest BCUT2D eigenvalue weighted by atomic mass is 10.1. The normalized spacial score (nSPS) is 14.9. The van der Waals surface area contributed by atoms with Crippen molar-refractivity contribution in [2.75, 3.05) is 39.0 Å². The number of nitrogens with zero attached hydrogens (tertiary/aromatic N) is 3. The minimum Gasteiger partial charge on any atom is -0.383 e. The highest BCUT2D eigenvalue weighted by molar-refractivity contribution is 6.31. The zero-order valence-electron chi connectivity index (χ0n) is 17.1. The number of halogens is 1. The molecule has 0 spiro atoms. The summed E-state index contributed by atoms with van der Waals surface area (Å²) in [6.45, 7) is 5.38. The topological polar surface area (TPSA) is 74.5 Å². The number of nitrogen functional groups attached to an aromatic ring is 1. The number of aromatic nitrogens is 1. The highest BCUT2D eigenvalue weighted by Gasteiger charge is 2.15. The van der Waals surface area contributed by atoms with Gasteiger partial charge in [-0.25, -0.2) is 4.98 Å². The third-order valence-electron chi connectivity index (χ3n) is 5.53. The number of hydrogen-bond donors (Lipinski definition) is 2. The second-order valence-corrected chi connectivity index (χ2v) is 8.30. The molecule has 0 unspecified atom stereocenters. The molecule has 0 saturated carbocycles. The summed E-state index contributed by atoms with van der Waals surface area (Å²) in [6.07, 6.45) is 1.69. The minimum absolute atomic E-state index is 0. The van der Waals surface area contributed by atoms with Crippen LogP contribution in [0.5, 0.6) is 0 Å². The van der Waals surface area contributed by atoms with Crippen molar-refractivity contribution >= 4 is 34.1 Å². The molecule has 0 atom stereocenters. The first-order valence-corrected chi connectivity index (χ1v) is 10.5. The second kappa shape index (κ2) is 10.1. The van der Waals surface area contributed by atoms with Crippen molar-refractivity contribution in [3.05, 3.63) is 70.4 Å². The molecule has 1 saturated heterocycles. The zero-order chi connectivity index (χ0) is 21.1. The Balaban J connectivity index is 0.00000272. The molecule has 1 amide bonds. The molecule has 3 N–H and O–H groups in total. The first kappa shape index (κ1) is 23.0. The van der Waals surface area contributed by atoms with Gasteiger partial charge in [-0.05, 0) is 53.9 Å². The van der Waals surface area contributed by atoms with Crippen molar-refractivity contribution in [1.82, 2.24) is 20.1 Å². The number of anilines is 1. The van der Waals surface area contributed by atoms with Crippen LogP contribution in [-0.2, 0) is 13.1 Å². The maximum Gasteiger partial charge on any atom is 0.251 e. The van der Waals surface area contributed by atoms with Crippen LogP contribution in [-0.4, -0.2) is 53.9 Å². The Kier molecular flexibility index (Phi) is 7.49. The zero-order valence-corrected chi connectivity index (χ0v) is 17.8. The highest BCUT2D eigenvalue weighted by atomic mass is 35.5. The van der Waals surface area contributed by atoms with Gasteiger partial charge in [-0.2, -0.15) is 0 Å². The summed E-state index contributed by atoms with van der Waals surface area (Å²) in [5, 5.41) is 5.50. The summed E-state index contributed by atoms with van der Waals surface area (Å²) < 4.78 is 0. The van der Waals surface area contributed by atoms with Crippen molar-refractivity contribution in [3.63, 3.8) is 0 Å². The van der Waals surface area contributed by atoms with E-state index in [1.54, 1.807) is 12.3 Å². The smallest absolute Gasteiger partial charge is 0.251 e. The van der Waals surface area contributed by atoms with Gasteiger partial charge in [-0.3, -0.25) is 9.69 Å². The number of benzene rings is 2. The first-order chi connectivity index (χ1) is 14.5. The van der Waals surface area contributed by atoms with Crippen molar-refractivity contribution in [2.24, 2.45) is 0 Å². The van der Waals surface area contributed by atoms with Gasteiger partial charge in [0.25, 0.3) is 5.91 Å². The van der Waals surface area contributed by atoms with Gasteiger partial charge in [-0.1, -0.05) is 31.2 Å². The summed E-state index contributed by atoms with van der Waals surface area (Å²) in [4.78, 5) is 21.6. The molecule has 0 radical (unpaired) electrons. The Morgan fingerprint density at radius 2 is 1.87 bits per heavy atom. The molecule has 0 bridgehead atoms. The molecule has 1 fully saturated rings. The molecule has 3 aromatic rings. The fourth-order valence-electron chi connectivity index (χ4n) is 3.78. The molecule has 164 valence electrons. The van der Waals surface area contributed by atoms with Gasteiger partial charge in [-0.15, -0.1) is 0 Å². The predicted octanol–water partition coefficient (Wildman–Crippen LogP) is 3.78. The Morgan fingerprint density at radius 3 is 2.65 bits per heavy atom. The lowest BCUT2D eigenvalue weighted by Gasteiger charge is -2.32. The molecule has 2 heterocycles. The SMILES string of the molecule is C.CN1CCN(Cc2cc(Cl)cc(C(=O)NCc3ccc4c(N)nccc4c3)c2)CC1. The third kappa shape index (κ3) is 5.73. The number of carbonyl (C=O) groups excluding carboxylic acids is 1. The van der Waals surface area contributed by atoms with Gasteiger partial charge in [0.05, 0.1) is 0 Å². The van der Waals surface area contributed by atoms with Gasteiger partial charge >= 0.3 is 0 Å². The molecule has 0 aliphatic carbocycles. The average Bonchev–Trinajstić information content (AvgIpc) is 2.73. The molecule has 31 heavy (non-hydrogen) atoms. The molecular weight excluding hydrogens is 410 g/mol. The van der Waals surface area contributed by atoms with Crippen LogP contribution in [0, 0.1) is 0 Å². The van der Waals surface area contributed by atoms with E-state index in [-0.39, 0.29) is 13.3 Å². The van der Waals surface area contributed by atoms with E-state index >= 15 is 0 Å². The predicted molar refractivity (Wildman–Crippen MR) is 128 cm³/mol. The maximum atomic E-state index is 12.8. The van der Waals surface area contributed by atoms with Gasteiger partial charge < -0.3 is 16.0 Å². The van der Waals surface area contributed by atoms with Crippen molar-refractivity contribution in [2.45, 2.75) is 20.5 Å². The molecule has 1 aliphatic heterocycles. The molecule has 1 aliphatic rings. The largest absolute Gasteiger partial charge is 0.383 e. The first-order valence-electron chi connectivity index (χ1n) is 10.1. The van der Waals surface area contributed by atoms with Crippen molar-refractivity contribution < 1.29 is 4.79 Å². The van der Waals surface area contributed by atoms with Gasteiger partial charge in [0, 0.05) is 61.4 Å². The summed E-state index contributed by atoms with van der Waals surface area (Å²) >= 11 is 6.31. The average molecular weight is 440 g/mol. The number of piperazine rings is 1. The van der Waals surface area contributed by atoms with E-state index in [1.807, 2.05) is 36.4 Å². The van der Waals surface area contributed by atoms with Crippen molar-refractivity contribution in [1.29, 1.82) is 0 Å². The van der Waals surface area contributed by atoms with E-state index in [1.165, 1.54) is 0 Å². The van der Waals surface area contributed by atoms with E-state index in [0.29, 0.717) is 22.9 Å². The third-order valence-corrected chi connectivity index (χ3v) is 5.75. The fourth-order valence-corrected chi connectivity index (χ4v) is 4.04. The lowest BCUT2D eigenvalue weighted by Crippen LogP contribution is -2.43. The van der Waals surface area contributed by atoms with E-state index in [9.17, 15) is 4.79 Å². The van der Waals surface area contributed by atoms with Crippen LogP contribution in [0.2, 0.25) is 5.02 Å². The fraction of sp³-hybridized carbons (Fsp3) is 0.333. The summed E-state index contributed by atoms with van der Waals surface area (Å²) in [7, 11) is 2.14. The van der Waals surface area contributed by atoms with Crippen molar-refractivity contribution in [3.8, 4) is 0 Å². The Hall–Kier alpha value is -2.67. The number of fused-ring (bicyclic) bond motifs is 1. The Morgan fingerprint density at radius 1 is 1.10 bits per heavy atom. The molecule has 2 aromatic carbocycles. The quantitative estimate of drug-likeness (QED) is 0.632. The number of hydrogen-bond acceptors (Lipinski definition) is 5. The highest BCUT2D eigenvalue weighted by Crippen LogP contribution is 2.21. The standard InChI is InChI=1S/C23H26ClN5O.CH4/c1-28-6-8-29(9-7-28)15-17-11-19(13-20(24)12-17)23(30)27-14-16-2-3-21-18(10-16)4-5-26-22(21)25;/h2-5,10-13H,6-9,14-15H2,1H3,(H2,25,26)(H,27,30);1H4. The monoisotopic (exact) mass is 439 g/mol. The van der Waals surface area contributed by atoms with Crippen LogP contribution >= 0.6 is 11.6 Å². The lowest BCUT2D eigenvalue weighted by molar-refractivity contribution is 0.0950. The van der Waals surface area contributed by atoms with E-state index < -0.39 is 0 Å². The molecule has 4 rings (SSSR count). The summed E-state index contributed by atoms with van der Waals surface area (Å²) in [6, 6.07) is 13.4. The van der Waals surface area contributed by atoms with Gasteiger partial charge in [0.15, 0.2) is 0 Å². The summed E-state index contributed by atoms with van der Waals surface area (Å²) in [5.41, 5.74) is 8.55. The number of rotatable bonds is 5. The van der Waals surface area contributed by atoms with Crippen LogP contribution in [0.1, 0.15) is 28.9 Å². The van der Waals surface area contributed by atoms with E-state index in [2.05, 4.69) is 27.1 Å². The van der Waals surface area contributed by atoms with Crippen LogP contribution < -0.4 is 11.1 Å². The van der Waals surface area contributed by atoms with Crippen LogP contribution in [0.4, 0.5) is 5.82 Å². The summed E-state index contributed by atoms with van der Waals surface area (Å²) in [5.74, 6) is 0.376. The molecule has 7 heteroatoms. The Bertz CT molecular complexity index is 1060. The van der Waals surface area contributed by atoms with E-state index in [0.717, 1.165) is 54.6 Å². The molecule has 1 aromatic heterocycles. The number of pyridine rings is 1. The number of likely N-dealkylation sites (N-methyl/N-ethyl adjacent to an activating group) is 1. The van der Waals surface area contributed by atoms with Gasteiger partial charge in [0.1, 0.15) is 5.82 Å². The van der Waals surface area contributed by atoms with Crippen LogP contribution in [0.25, 0.3) is 10.8 Å². The van der Waals surface area contributed by atoms with Gasteiger partial charge in [0.2, 0.25) is 0 Å². The minimum atomic E-state index is -0.133. The van der Waals surface area contributed by atoms with Crippen LogP contribution in [0.3, 0.4) is 0 Å². The number of nitrogens with two attached hydrogens (primary N) is 1. The molecule has 6 nitrogen and oxygen atoms in total. The second-order valence-electron chi connectivity index (χ2n) is 7.86. The number of carbonyl (C=O) groups is 1. The maximum absolute atomic E-state index is 12.8. The van der Waals surface area contributed by atoms with Crippen LogP contribution in [0.15, 0.2) is 48.7 Å². The van der Waals surface area contributed by atoms with E-state index in [4.69, 9.17) is 17.3 Å². The number of amides is 1.